The lowest BCUT2D eigenvalue weighted by Crippen LogP contribution is -2.49. The van der Waals surface area contributed by atoms with Crippen molar-refractivity contribution in [3.05, 3.63) is 65.2 Å². The van der Waals surface area contributed by atoms with E-state index in [9.17, 15) is 4.79 Å². The molecule has 3 rings (SSSR count). The Morgan fingerprint density at radius 3 is 2.62 bits per heavy atom. The highest BCUT2D eigenvalue weighted by Gasteiger charge is 2.27. The monoisotopic (exact) mass is 419 g/mol. The fraction of sp³-hybridized carbons (Fsp3) is 0.409. The summed E-state index contributed by atoms with van der Waals surface area (Å²) in [6, 6.07) is 16.1. The number of para-hydroxylation sites is 1. The number of piperazine rings is 1. The van der Waals surface area contributed by atoms with E-state index in [4.69, 9.17) is 9.47 Å². The molecule has 0 radical (unpaired) electrons. The molecule has 1 atom stereocenters. The van der Waals surface area contributed by atoms with Gasteiger partial charge >= 0.3 is 0 Å². The van der Waals surface area contributed by atoms with Crippen LogP contribution in [-0.2, 0) is 22.7 Å². The molecule has 29 heavy (non-hydrogen) atoms. The zero-order chi connectivity index (χ0) is 19.8. The van der Waals surface area contributed by atoms with Crippen LogP contribution in [0.4, 0.5) is 0 Å². The van der Waals surface area contributed by atoms with Crippen molar-refractivity contribution in [1.29, 1.82) is 0 Å². The number of ether oxygens (including phenoxy) is 2. The second-order valence-electron chi connectivity index (χ2n) is 6.91. The molecule has 158 valence electrons. The van der Waals surface area contributed by atoms with E-state index < -0.39 is 0 Å². The van der Waals surface area contributed by atoms with Crippen molar-refractivity contribution in [2.24, 2.45) is 0 Å². The number of carbonyl (C=O) groups excluding carboxylic acids is 1. The minimum atomic E-state index is 0. The highest BCUT2D eigenvalue weighted by atomic mass is 35.5. The zero-order valence-electron chi connectivity index (χ0n) is 17.0. The number of carbonyl (C=O) groups is 1. The summed E-state index contributed by atoms with van der Waals surface area (Å²) in [7, 11) is 3.36. The molecule has 0 spiro atoms. The van der Waals surface area contributed by atoms with E-state index in [1.165, 1.54) is 0 Å². The quantitative estimate of drug-likeness (QED) is 0.688. The van der Waals surface area contributed by atoms with Gasteiger partial charge in [-0.1, -0.05) is 42.5 Å². The van der Waals surface area contributed by atoms with Gasteiger partial charge in [-0.15, -0.1) is 12.4 Å². The average Bonchev–Trinajstić information content (AvgIpc) is 2.74. The van der Waals surface area contributed by atoms with Crippen LogP contribution < -0.4 is 15.4 Å². The molecule has 7 heteroatoms. The van der Waals surface area contributed by atoms with Crippen molar-refractivity contribution in [3.63, 3.8) is 0 Å². The van der Waals surface area contributed by atoms with E-state index in [0.717, 1.165) is 42.1 Å². The van der Waals surface area contributed by atoms with E-state index >= 15 is 0 Å². The van der Waals surface area contributed by atoms with Crippen LogP contribution in [0, 0.1) is 0 Å². The number of hydrogen-bond donors (Lipinski definition) is 2. The highest BCUT2D eigenvalue weighted by Crippen LogP contribution is 2.29. The SMILES string of the molecule is COCc1ccccc1CNC(=O)CN1CCNCC1c1ccccc1OC.Cl. The second kappa shape index (κ2) is 11.8. The second-order valence-corrected chi connectivity index (χ2v) is 6.91. The van der Waals surface area contributed by atoms with Crippen molar-refractivity contribution < 1.29 is 14.3 Å². The smallest absolute Gasteiger partial charge is 0.234 e. The number of benzene rings is 2. The summed E-state index contributed by atoms with van der Waals surface area (Å²) in [6.07, 6.45) is 0. The summed E-state index contributed by atoms with van der Waals surface area (Å²) in [5.41, 5.74) is 3.29. The molecule has 1 amide bonds. The van der Waals surface area contributed by atoms with Gasteiger partial charge in [-0.2, -0.15) is 0 Å². The molecule has 1 fully saturated rings. The first kappa shape index (κ1) is 23.2. The molecule has 2 aromatic carbocycles. The van der Waals surface area contributed by atoms with E-state index in [1.807, 2.05) is 42.5 Å². The van der Waals surface area contributed by atoms with Crippen LogP contribution in [0.25, 0.3) is 0 Å². The normalized spacial score (nSPS) is 16.7. The van der Waals surface area contributed by atoms with Crippen molar-refractivity contribution in [2.75, 3.05) is 40.4 Å². The number of amides is 1. The van der Waals surface area contributed by atoms with Crippen LogP contribution in [-0.4, -0.2) is 51.2 Å². The van der Waals surface area contributed by atoms with E-state index in [0.29, 0.717) is 19.7 Å². The summed E-state index contributed by atoms with van der Waals surface area (Å²) >= 11 is 0. The Labute approximate surface area is 179 Å². The Kier molecular flexibility index (Phi) is 9.41. The first-order valence-corrected chi connectivity index (χ1v) is 9.63. The van der Waals surface area contributed by atoms with Crippen LogP contribution >= 0.6 is 12.4 Å². The van der Waals surface area contributed by atoms with Gasteiger partial charge in [0, 0.05) is 38.9 Å². The predicted octanol–water partition coefficient (Wildman–Crippen LogP) is 2.53. The van der Waals surface area contributed by atoms with Gasteiger partial charge in [-0.05, 0) is 17.2 Å². The van der Waals surface area contributed by atoms with Crippen molar-refractivity contribution in [1.82, 2.24) is 15.5 Å². The molecule has 2 aromatic rings. The van der Waals surface area contributed by atoms with Gasteiger partial charge in [0.1, 0.15) is 5.75 Å². The third-order valence-electron chi connectivity index (χ3n) is 5.09. The molecular weight excluding hydrogens is 390 g/mol. The number of methoxy groups -OCH3 is 2. The Balaban J connectivity index is 0.00000300. The Hall–Kier alpha value is -2.12. The van der Waals surface area contributed by atoms with Gasteiger partial charge in [0.15, 0.2) is 0 Å². The summed E-state index contributed by atoms with van der Waals surface area (Å²) in [5, 5.41) is 6.48. The summed E-state index contributed by atoms with van der Waals surface area (Å²) in [6.45, 7) is 3.89. The van der Waals surface area contributed by atoms with Crippen LogP contribution in [0.1, 0.15) is 22.7 Å². The topological polar surface area (TPSA) is 62.8 Å². The highest BCUT2D eigenvalue weighted by molar-refractivity contribution is 5.85. The van der Waals surface area contributed by atoms with Crippen molar-refractivity contribution in [2.45, 2.75) is 19.2 Å². The van der Waals surface area contributed by atoms with Crippen LogP contribution in [0.15, 0.2) is 48.5 Å². The molecule has 6 nitrogen and oxygen atoms in total. The number of rotatable bonds is 8. The average molecular weight is 420 g/mol. The predicted molar refractivity (Wildman–Crippen MR) is 116 cm³/mol. The molecule has 0 aromatic heterocycles. The van der Waals surface area contributed by atoms with Crippen LogP contribution in [0.2, 0.25) is 0 Å². The standard InChI is InChI=1S/C22H29N3O3.ClH/c1-27-16-18-8-4-3-7-17(18)13-24-22(26)15-25-12-11-23-14-20(25)19-9-5-6-10-21(19)28-2;/h3-10,20,23H,11-16H2,1-2H3,(H,24,26);1H. The number of nitrogens with zero attached hydrogens (tertiary/aromatic N) is 1. The number of hydrogen-bond acceptors (Lipinski definition) is 5. The first-order chi connectivity index (χ1) is 13.7. The minimum absolute atomic E-state index is 0. The van der Waals surface area contributed by atoms with E-state index in [2.05, 4.69) is 21.6 Å². The van der Waals surface area contributed by atoms with Gasteiger partial charge in [0.05, 0.1) is 26.3 Å². The summed E-state index contributed by atoms with van der Waals surface area (Å²) in [5.74, 6) is 0.879. The maximum absolute atomic E-state index is 12.6. The Morgan fingerprint density at radius 1 is 1.14 bits per heavy atom. The first-order valence-electron chi connectivity index (χ1n) is 9.63. The minimum Gasteiger partial charge on any atom is -0.496 e. The summed E-state index contributed by atoms with van der Waals surface area (Å²) in [4.78, 5) is 14.9. The van der Waals surface area contributed by atoms with Gasteiger partial charge in [-0.25, -0.2) is 0 Å². The fourth-order valence-electron chi connectivity index (χ4n) is 3.64. The Bertz CT molecular complexity index is 787. The third-order valence-corrected chi connectivity index (χ3v) is 5.09. The molecule has 0 saturated carbocycles. The maximum atomic E-state index is 12.6. The lowest BCUT2D eigenvalue weighted by Gasteiger charge is -2.36. The molecule has 1 aliphatic rings. The zero-order valence-corrected chi connectivity index (χ0v) is 17.8. The van der Waals surface area contributed by atoms with Gasteiger partial charge in [0.25, 0.3) is 0 Å². The third kappa shape index (κ3) is 6.18. The van der Waals surface area contributed by atoms with E-state index in [1.54, 1.807) is 14.2 Å². The summed E-state index contributed by atoms with van der Waals surface area (Å²) < 4.78 is 10.8. The molecule has 1 unspecified atom stereocenters. The number of halogens is 1. The lowest BCUT2D eigenvalue weighted by molar-refractivity contribution is -0.123. The lowest BCUT2D eigenvalue weighted by atomic mass is 10.0. The fourth-order valence-corrected chi connectivity index (χ4v) is 3.64. The van der Waals surface area contributed by atoms with Gasteiger partial charge in [-0.3, -0.25) is 9.69 Å². The van der Waals surface area contributed by atoms with Crippen molar-refractivity contribution >= 4 is 18.3 Å². The Morgan fingerprint density at radius 2 is 1.86 bits per heavy atom. The van der Waals surface area contributed by atoms with Crippen molar-refractivity contribution in [3.8, 4) is 5.75 Å². The molecule has 2 N–H and O–H groups in total. The molecular formula is C22H30ClN3O3. The van der Waals surface area contributed by atoms with Crippen LogP contribution in [0.3, 0.4) is 0 Å². The largest absolute Gasteiger partial charge is 0.496 e. The molecule has 1 saturated heterocycles. The van der Waals surface area contributed by atoms with Crippen LogP contribution in [0.5, 0.6) is 5.75 Å². The molecule has 0 bridgehead atoms. The molecule has 1 aliphatic heterocycles. The van der Waals surface area contributed by atoms with E-state index in [-0.39, 0.29) is 24.4 Å². The van der Waals surface area contributed by atoms with Gasteiger partial charge in [0.2, 0.25) is 5.91 Å². The molecule has 1 heterocycles. The van der Waals surface area contributed by atoms with Gasteiger partial charge < -0.3 is 20.1 Å². The molecule has 0 aliphatic carbocycles. The number of nitrogens with one attached hydrogen (secondary N) is 2. The maximum Gasteiger partial charge on any atom is 0.234 e.